The van der Waals surface area contributed by atoms with E-state index in [2.05, 4.69) is 15.3 Å². The molecule has 3 aromatic rings. The van der Waals surface area contributed by atoms with Crippen molar-refractivity contribution in [2.24, 2.45) is 4.99 Å². The summed E-state index contributed by atoms with van der Waals surface area (Å²) in [7, 11) is 0. The number of fused-ring (bicyclic) bond motifs is 1. The molecular weight excluding hydrogens is 381 g/mol. The Kier molecular flexibility index (Phi) is 4.75. The van der Waals surface area contributed by atoms with Gasteiger partial charge >= 0.3 is 0 Å². The average Bonchev–Trinajstić information content (AvgIpc) is 2.69. The predicted molar refractivity (Wildman–Crippen MR) is 109 cm³/mol. The molecule has 0 radical (unpaired) electrons. The summed E-state index contributed by atoms with van der Waals surface area (Å²) < 4.78 is 0. The van der Waals surface area contributed by atoms with Crippen molar-refractivity contribution >= 4 is 46.1 Å². The molecule has 0 saturated heterocycles. The van der Waals surface area contributed by atoms with Crippen molar-refractivity contribution in [3.63, 3.8) is 0 Å². The van der Waals surface area contributed by atoms with Gasteiger partial charge in [0.2, 0.25) is 5.78 Å². The number of nitrogens with zero attached hydrogens (tertiary/aromatic N) is 2. The number of carbonyl (C=O) groups excluding carboxylic acids is 1. The number of nitrogens with one attached hydrogen (secondary N) is 1. The minimum absolute atomic E-state index is 0.185. The maximum absolute atomic E-state index is 12.8. The summed E-state index contributed by atoms with van der Waals surface area (Å²) >= 11 is 11.9. The summed E-state index contributed by atoms with van der Waals surface area (Å²) in [6.07, 6.45) is 3.33. The second kappa shape index (κ2) is 7.35. The highest BCUT2D eigenvalue weighted by Gasteiger charge is 2.25. The lowest BCUT2D eigenvalue weighted by Crippen LogP contribution is -2.23. The van der Waals surface area contributed by atoms with Crippen molar-refractivity contribution in [1.82, 2.24) is 4.98 Å². The van der Waals surface area contributed by atoms with Crippen molar-refractivity contribution in [3.05, 3.63) is 99.9 Å². The van der Waals surface area contributed by atoms with Crippen LogP contribution in [0.3, 0.4) is 0 Å². The molecule has 0 fully saturated rings. The maximum Gasteiger partial charge on any atom is 0.228 e. The van der Waals surface area contributed by atoms with Crippen molar-refractivity contribution in [2.45, 2.75) is 0 Å². The molecule has 0 bridgehead atoms. The Balaban J connectivity index is 1.77. The lowest BCUT2D eigenvalue weighted by atomic mass is 9.96. The Bertz CT molecular complexity index is 1070. The number of aromatic nitrogens is 1. The highest BCUT2D eigenvalue weighted by atomic mass is 35.5. The lowest BCUT2D eigenvalue weighted by molar-refractivity contribution is 0.103. The standard InChI is InChI=1S/C21H13Cl2N3O/c22-13-3-7-15(8-4-13)25-18-12-19(26-16-9-5-14(23)6-10-16)21(27)20-17(18)2-1-11-24-20/h1-12,26H. The SMILES string of the molecule is O=C1C(Nc2ccc(Cl)cc2)=CC(=Nc2ccc(Cl)cc2)c2cccnc21. The fourth-order valence-corrected chi connectivity index (χ4v) is 2.98. The van der Waals surface area contributed by atoms with Crippen LogP contribution in [-0.4, -0.2) is 16.5 Å². The minimum Gasteiger partial charge on any atom is -0.352 e. The van der Waals surface area contributed by atoms with E-state index in [0.29, 0.717) is 32.7 Å². The summed E-state index contributed by atoms with van der Waals surface area (Å²) in [6.45, 7) is 0. The van der Waals surface area contributed by atoms with E-state index in [4.69, 9.17) is 23.2 Å². The predicted octanol–water partition coefficient (Wildman–Crippen LogP) is 5.70. The van der Waals surface area contributed by atoms with Gasteiger partial charge in [0.25, 0.3) is 0 Å². The number of anilines is 1. The van der Waals surface area contributed by atoms with E-state index in [-0.39, 0.29) is 5.78 Å². The lowest BCUT2D eigenvalue weighted by Gasteiger charge is -2.18. The molecule has 27 heavy (non-hydrogen) atoms. The first-order valence-corrected chi connectivity index (χ1v) is 8.94. The van der Waals surface area contributed by atoms with Crippen LogP contribution in [0.25, 0.3) is 0 Å². The molecule has 0 unspecified atom stereocenters. The van der Waals surface area contributed by atoms with E-state index in [1.54, 1.807) is 54.7 Å². The largest absolute Gasteiger partial charge is 0.352 e. The van der Waals surface area contributed by atoms with Crippen molar-refractivity contribution in [1.29, 1.82) is 0 Å². The highest BCUT2D eigenvalue weighted by molar-refractivity contribution is 6.31. The first-order valence-electron chi connectivity index (χ1n) is 8.19. The fourth-order valence-electron chi connectivity index (χ4n) is 2.73. The van der Waals surface area contributed by atoms with Crippen molar-refractivity contribution in [3.8, 4) is 0 Å². The number of ketones is 1. The summed E-state index contributed by atoms with van der Waals surface area (Å²) in [6, 6.07) is 17.9. The van der Waals surface area contributed by atoms with E-state index in [1.165, 1.54) is 0 Å². The van der Waals surface area contributed by atoms with Crippen molar-refractivity contribution < 1.29 is 4.79 Å². The van der Waals surface area contributed by atoms with Gasteiger partial charge in [-0.25, -0.2) is 4.99 Å². The zero-order valence-corrected chi connectivity index (χ0v) is 15.5. The van der Waals surface area contributed by atoms with Crippen LogP contribution in [0.2, 0.25) is 10.0 Å². The molecule has 132 valence electrons. The number of hydrogen-bond donors (Lipinski definition) is 1. The smallest absolute Gasteiger partial charge is 0.228 e. The molecule has 4 nitrogen and oxygen atoms in total. The maximum atomic E-state index is 12.8. The van der Waals surface area contributed by atoms with E-state index in [9.17, 15) is 4.79 Å². The Morgan fingerprint density at radius 2 is 1.56 bits per heavy atom. The zero-order chi connectivity index (χ0) is 18.8. The van der Waals surface area contributed by atoms with Gasteiger partial charge in [-0.2, -0.15) is 0 Å². The monoisotopic (exact) mass is 393 g/mol. The molecule has 0 saturated carbocycles. The average molecular weight is 394 g/mol. The van der Waals surface area contributed by atoms with E-state index >= 15 is 0 Å². The second-order valence-electron chi connectivity index (χ2n) is 5.89. The Morgan fingerprint density at radius 3 is 2.26 bits per heavy atom. The molecule has 2 aromatic carbocycles. The van der Waals surface area contributed by atoms with Gasteiger partial charge in [0, 0.05) is 27.5 Å². The van der Waals surface area contributed by atoms with Crippen LogP contribution in [0, 0.1) is 0 Å². The number of Topliss-reactive ketones (excluding diaryl/α,β-unsaturated/α-hetero) is 1. The normalized spacial score (nSPS) is 14.7. The number of carbonyl (C=O) groups is 1. The van der Waals surface area contributed by atoms with E-state index < -0.39 is 0 Å². The second-order valence-corrected chi connectivity index (χ2v) is 6.76. The van der Waals surface area contributed by atoms with Crippen LogP contribution in [0.4, 0.5) is 11.4 Å². The van der Waals surface area contributed by atoms with Crippen LogP contribution in [-0.2, 0) is 0 Å². The Morgan fingerprint density at radius 1 is 0.889 bits per heavy atom. The summed E-state index contributed by atoms with van der Waals surface area (Å²) in [5, 5.41) is 4.40. The van der Waals surface area contributed by atoms with E-state index in [1.807, 2.05) is 18.2 Å². The first-order chi connectivity index (χ1) is 13.1. The molecule has 1 aromatic heterocycles. The van der Waals surface area contributed by atoms with Gasteiger partial charge < -0.3 is 5.32 Å². The fraction of sp³-hybridized carbons (Fsp3) is 0. The van der Waals surface area contributed by atoms with Gasteiger partial charge in [-0.15, -0.1) is 0 Å². The van der Waals surface area contributed by atoms with Crippen LogP contribution in [0.15, 0.2) is 83.6 Å². The number of benzene rings is 2. The number of rotatable bonds is 3. The molecule has 1 aliphatic rings. The molecule has 0 aliphatic heterocycles. The molecule has 4 rings (SSSR count). The third-order valence-electron chi connectivity index (χ3n) is 4.02. The zero-order valence-electron chi connectivity index (χ0n) is 14.0. The molecular formula is C21H13Cl2N3O. The van der Waals surface area contributed by atoms with Crippen LogP contribution in [0.1, 0.15) is 16.1 Å². The molecule has 1 aliphatic carbocycles. The first kappa shape index (κ1) is 17.5. The van der Waals surface area contributed by atoms with Crippen LogP contribution >= 0.6 is 23.2 Å². The molecule has 1 heterocycles. The molecule has 1 N–H and O–H groups in total. The summed E-state index contributed by atoms with van der Waals surface area (Å²) in [5.74, 6) is -0.185. The third-order valence-corrected chi connectivity index (χ3v) is 4.53. The van der Waals surface area contributed by atoms with Crippen LogP contribution < -0.4 is 5.32 Å². The van der Waals surface area contributed by atoms with Gasteiger partial charge in [-0.05, 0) is 66.7 Å². The molecule has 0 amide bonds. The van der Waals surface area contributed by atoms with Gasteiger partial charge in [0.05, 0.1) is 17.1 Å². The summed E-state index contributed by atoms with van der Waals surface area (Å²) in [5.41, 5.74) is 3.60. The minimum atomic E-state index is -0.185. The highest BCUT2D eigenvalue weighted by Crippen LogP contribution is 2.25. The molecule has 0 spiro atoms. The topological polar surface area (TPSA) is 54.4 Å². The number of pyridine rings is 1. The van der Waals surface area contributed by atoms with Crippen molar-refractivity contribution in [2.75, 3.05) is 5.32 Å². The quantitative estimate of drug-likeness (QED) is 0.620. The van der Waals surface area contributed by atoms with E-state index in [0.717, 1.165) is 11.4 Å². The Hall–Kier alpha value is -2.95. The number of aliphatic imine (C=N–C) groups is 1. The van der Waals surface area contributed by atoms with Gasteiger partial charge in [-0.3, -0.25) is 9.78 Å². The van der Waals surface area contributed by atoms with Gasteiger partial charge in [-0.1, -0.05) is 23.2 Å². The number of halogens is 2. The summed E-state index contributed by atoms with van der Waals surface area (Å²) in [4.78, 5) is 21.8. The third kappa shape index (κ3) is 3.77. The van der Waals surface area contributed by atoms with Crippen LogP contribution in [0.5, 0.6) is 0 Å². The Labute approximate surface area is 166 Å². The number of hydrogen-bond acceptors (Lipinski definition) is 4. The molecule has 0 atom stereocenters. The van der Waals surface area contributed by atoms with Gasteiger partial charge in [0.15, 0.2) is 0 Å². The van der Waals surface area contributed by atoms with Gasteiger partial charge in [0.1, 0.15) is 5.69 Å². The number of allylic oxidation sites excluding steroid dienone is 2. The molecule has 6 heteroatoms.